The van der Waals surface area contributed by atoms with Crippen molar-refractivity contribution in [3.8, 4) is 11.5 Å². The van der Waals surface area contributed by atoms with E-state index >= 15 is 0 Å². The lowest BCUT2D eigenvalue weighted by Gasteiger charge is -2.34. The van der Waals surface area contributed by atoms with Crippen molar-refractivity contribution >= 4 is 17.6 Å². The van der Waals surface area contributed by atoms with Crippen molar-refractivity contribution in [3.05, 3.63) is 154 Å². The van der Waals surface area contributed by atoms with Gasteiger partial charge in [-0.1, -0.05) is 106 Å². The highest BCUT2D eigenvalue weighted by molar-refractivity contribution is 6.32. The molecule has 0 fully saturated rings. The van der Waals surface area contributed by atoms with Crippen molar-refractivity contribution in [1.29, 1.82) is 0 Å². The quantitative estimate of drug-likeness (QED) is 0.142. The number of aliphatic carboxylic acids is 1. The third-order valence-corrected chi connectivity index (χ3v) is 8.96. The van der Waals surface area contributed by atoms with E-state index in [1.165, 1.54) is 5.56 Å². The molecule has 1 N–H and O–H groups in total. The molecule has 0 radical (unpaired) electrons. The molecule has 5 heteroatoms. The molecule has 1 atom stereocenters. The van der Waals surface area contributed by atoms with Gasteiger partial charge in [-0.3, -0.25) is 4.79 Å². The molecule has 0 aliphatic carbocycles. The van der Waals surface area contributed by atoms with Gasteiger partial charge in [-0.05, 0) is 101 Å². The maximum Gasteiger partial charge on any atom is 0.314 e. The fraction of sp³-hybridized carbons (Fsp3) is 0.275. The Kier molecular flexibility index (Phi) is 10.1. The summed E-state index contributed by atoms with van der Waals surface area (Å²) < 4.78 is 12.1. The van der Waals surface area contributed by atoms with Gasteiger partial charge in [0.25, 0.3) is 0 Å². The highest BCUT2D eigenvalue weighted by Crippen LogP contribution is 2.38. The molecule has 1 heterocycles. The summed E-state index contributed by atoms with van der Waals surface area (Å²) >= 11 is 6.95. The van der Waals surface area contributed by atoms with E-state index < -0.39 is 11.4 Å². The van der Waals surface area contributed by atoms with Crippen LogP contribution in [-0.2, 0) is 35.9 Å². The normalized spacial score (nSPS) is 12.8. The highest BCUT2D eigenvalue weighted by atomic mass is 35.5. The Hall–Kier alpha value is -4.28. The summed E-state index contributed by atoms with van der Waals surface area (Å²) in [6.07, 6.45) is 4.16. The summed E-state index contributed by atoms with van der Waals surface area (Å²) in [5.74, 6) is 1.68. The zero-order chi connectivity index (χ0) is 32.0. The molecule has 5 rings (SSSR count). The maximum absolute atomic E-state index is 13.0. The van der Waals surface area contributed by atoms with E-state index in [0.29, 0.717) is 41.7 Å². The van der Waals surface area contributed by atoms with Gasteiger partial charge in [0.15, 0.2) is 0 Å². The van der Waals surface area contributed by atoms with Gasteiger partial charge in [0.05, 0.1) is 11.7 Å². The van der Waals surface area contributed by atoms with Crippen LogP contribution in [0.4, 0.5) is 0 Å². The lowest BCUT2D eigenvalue weighted by atomic mass is 9.67. The Labute approximate surface area is 271 Å². The number of furan rings is 1. The average molecular weight is 621 g/mol. The van der Waals surface area contributed by atoms with Crippen LogP contribution in [0.5, 0.6) is 11.5 Å². The third kappa shape index (κ3) is 7.69. The highest BCUT2D eigenvalue weighted by Gasteiger charge is 2.43. The Bertz CT molecular complexity index is 1710. The van der Waals surface area contributed by atoms with Gasteiger partial charge in [-0.25, -0.2) is 0 Å². The van der Waals surface area contributed by atoms with Crippen LogP contribution in [0.25, 0.3) is 0 Å². The van der Waals surface area contributed by atoms with Crippen molar-refractivity contribution in [2.24, 2.45) is 11.8 Å². The Morgan fingerprint density at radius 3 is 2.09 bits per heavy atom. The van der Waals surface area contributed by atoms with E-state index in [1.54, 1.807) is 6.26 Å². The fourth-order valence-electron chi connectivity index (χ4n) is 6.12. The van der Waals surface area contributed by atoms with E-state index in [4.69, 9.17) is 20.8 Å². The molecule has 0 spiro atoms. The Morgan fingerprint density at radius 1 is 0.778 bits per heavy atom. The first-order valence-electron chi connectivity index (χ1n) is 15.6. The van der Waals surface area contributed by atoms with Gasteiger partial charge < -0.3 is 14.3 Å². The van der Waals surface area contributed by atoms with Crippen molar-refractivity contribution in [1.82, 2.24) is 0 Å². The Balaban J connectivity index is 1.46. The zero-order valence-electron chi connectivity index (χ0n) is 26.4. The number of carbonyl (C=O) groups is 1. The molecular weight excluding hydrogens is 580 g/mol. The second-order valence-corrected chi connectivity index (χ2v) is 13.0. The van der Waals surface area contributed by atoms with Crippen LogP contribution in [0.2, 0.25) is 5.02 Å². The summed E-state index contributed by atoms with van der Waals surface area (Å²) in [6.45, 7) is 8.34. The van der Waals surface area contributed by atoms with Crippen molar-refractivity contribution in [3.63, 3.8) is 0 Å². The first-order valence-corrected chi connectivity index (χ1v) is 16.0. The molecule has 1 aromatic heterocycles. The van der Waals surface area contributed by atoms with Crippen molar-refractivity contribution < 1.29 is 19.1 Å². The number of hydrogen-bond donors (Lipinski definition) is 1. The molecule has 232 valence electrons. The molecule has 0 bridgehead atoms. The van der Waals surface area contributed by atoms with E-state index in [9.17, 15) is 9.90 Å². The van der Waals surface area contributed by atoms with Crippen LogP contribution >= 0.6 is 11.6 Å². The predicted octanol–water partition coefficient (Wildman–Crippen LogP) is 10.3. The maximum atomic E-state index is 13.0. The average Bonchev–Trinajstić information content (AvgIpc) is 3.52. The first-order chi connectivity index (χ1) is 21.6. The SMILES string of the molecule is CC(C)Cc1ccc(C(Cc2cccc(Oc3cc(Cc4ccccc4)c(Cl)c(Cc4ccco4)c3)c2)(C(=O)O)C(C)C)cc1. The molecule has 0 aliphatic rings. The van der Waals surface area contributed by atoms with E-state index in [-0.39, 0.29) is 5.92 Å². The molecule has 45 heavy (non-hydrogen) atoms. The van der Waals surface area contributed by atoms with Crippen LogP contribution in [0, 0.1) is 11.8 Å². The van der Waals surface area contributed by atoms with Gasteiger partial charge in [0.2, 0.25) is 0 Å². The number of rotatable bonds is 13. The van der Waals surface area contributed by atoms with E-state index in [0.717, 1.165) is 40.0 Å². The van der Waals surface area contributed by atoms with Crippen LogP contribution in [0.3, 0.4) is 0 Å². The van der Waals surface area contributed by atoms with E-state index in [2.05, 4.69) is 38.1 Å². The summed E-state index contributed by atoms with van der Waals surface area (Å²) in [6, 6.07) is 33.9. The van der Waals surface area contributed by atoms with Crippen molar-refractivity contribution in [2.75, 3.05) is 0 Å². The number of halogens is 1. The monoisotopic (exact) mass is 620 g/mol. The van der Waals surface area contributed by atoms with Crippen LogP contribution in [-0.4, -0.2) is 11.1 Å². The van der Waals surface area contributed by atoms with Gasteiger partial charge in [-0.2, -0.15) is 0 Å². The number of benzene rings is 4. The van der Waals surface area contributed by atoms with Crippen LogP contribution in [0.1, 0.15) is 66.8 Å². The molecule has 5 aromatic rings. The number of ether oxygens (including phenoxy) is 1. The molecule has 0 amide bonds. The number of carboxylic acid groups (broad SMARTS) is 1. The van der Waals surface area contributed by atoms with Crippen LogP contribution < -0.4 is 4.74 Å². The first kappa shape index (κ1) is 32.1. The molecule has 0 aliphatic heterocycles. The second kappa shape index (κ2) is 14.2. The minimum atomic E-state index is -1.09. The Morgan fingerprint density at radius 2 is 1.47 bits per heavy atom. The lowest BCUT2D eigenvalue weighted by Crippen LogP contribution is -2.43. The predicted molar refractivity (Wildman–Crippen MR) is 182 cm³/mol. The second-order valence-electron chi connectivity index (χ2n) is 12.6. The summed E-state index contributed by atoms with van der Waals surface area (Å²) in [4.78, 5) is 13.0. The minimum absolute atomic E-state index is 0.142. The number of hydrogen-bond acceptors (Lipinski definition) is 3. The molecule has 0 saturated heterocycles. The van der Waals surface area contributed by atoms with E-state index in [1.807, 2.05) is 92.7 Å². The fourth-order valence-corrected chi connectivity index (χ4v) is 6.37. The minimum Gasteiger partial charge on any atom is -0.481 e. The molecule has 0 saturated carbocycles. The molecule has 1 unspecified atom stereocenters. The van der Waals surface area contributed by atoms with Gasteiger partial charge >= 0.3 is 5.97 Å². The summed E-state index contributed by atoms with van der Waals surface area (Å²) in [5.41, 5.74) is 4.86. The lowest BCUT2D eigenvalue weighted by molar-refractivity contribution is -0.145. The van der Waals surface area contributed by atoms with Crippen LogP contribution in [0.15, 0.2) is 114 Å². The zero-order valence-corrected chi connectivity index (χ0v) is 27.2. The van der Waals surface area contributed by atoms with Crippen molar-refractivity contribution in [2.45, 2.75) is 58.8 Å². The smallest absolute Gasteiger partial charge is 0.314 e. The van der Waals surface area contributed by atoms with Gasteiger partial charge in [-0.15, -0.1) is 0 Å². The molecule has 4 nitrogen and oxygen atoms in total. The molecular formula is C40H41ClO4. The summed E-state index contributed by atoms with van der Waals surface area (Å²) in [5, 5.41) is 11.4. The third-order valence-electron chi connectivity index (χ3n) is 8.48. The van der Waals surface area contributed by atoms with Gasteiger partial charge in [0, 0.05) is 11.4 Å². The summed E-state index contributed by atoms with van der Waals surface area (Å²) in [7, 11) is 0. The topological polar surface area (TPSA) is 59.7 Å². The molecule has 4 aromatic carbocycles. The number of carboxylic acids is 1. The largest absolute Gasteiger partial charge is 0.481 e. The standard InChI is InChI=1S/C40H41ClO4/c1-27(2)20-30-15-17-34(18-16-30)40(28(3)4,39(42)43)26-31-12-8-13-36(22-31)45-37-24-32(21-29-10-6-5-7-11-29)38(41)33(25-37)23-35-14-9-19-44-35/h5-19,22,24-25,27-28H,20-21,23,26H2,1-4H3,(H,42,43). The van der Waals surface area contributed by atoms with Gasteiger partial charge in [0.1, 0.15) is 17.3 Å².